The molecular weight excluding hydrogens is 396 g/mol. The summed E-state index contributed by atoms with van der Waals surface area (Å²) in [6.07, 6.45) is -2.98. The number of nitrogens with two attached hydrogens (primary N) is 3. The highest BCUT2D eigenvalue weighted by Gasteiger charge is 2.49. The van der Waals surface area contributed by atoms with E-state index in [2.05, 4.69) is 5.32 Å². The van der Waals surface area contributed by atoms with Crippen LogP contribution in [0.1, 0.15) is 32.6 Å². The Hall–Kier alpha value is -0.440. The first-order chi connectivity index (χ1) is 14.2. The van der Waals surface area contributed by atoms with Gasteiger partial charge in [-0.3, -0.25) is 0 Å². The van der Waals surface area contributed by atoms with Gasteiger partial charge in [-0.1, -0.05) is 0 Å². The first kappa shape index (κ1) is 24.2. The van der Waals surface area contributed by atoms with E-state index in [0.29, 0.717) is 25.8 Å². The van der Waals surface area contributed by atoms with Crippen LogP contribution in [-0.2, 0) is 18.9 Å². The minimum atomic E-state index is -1.25. The van der Waals surface area contributed by atoms with E-state index in [-0.39, 0.29) is 18.8 Å². The topological polar surface area (TPSA) is 188 Å². The molecular formula is C19H38N4O7. The van der Waals surface area contributed by atoms with Gasteiger partial charge in [0.2, 0.25) is 0 Å². The molecule has 30 heavy (non-hydrogen) atoms. The summed E-state index contributed by atoms with van der Waals surface area (Å²) in [5.41, 5.74) is 16.8. The Morgan fingerprint density at radius 2 is 1.73 bits per heavy atom. The summed E-state index contributed by atoms with van der Waals surface area (Å²) >= 11 is 0. The molecule has 11 heteroatoms. The lowest BCUT2D eigenvalue weighted by Crippen LogP contribution is -2.66. The fraction of sp³-hybridized carbons (Fsp3) is 1.00. The third-order valence-electron chi connectivity index (χ3n) is 6.43. The van der Waals surface area contributed by atoms with Crippen LogP contribution in [0.3, 0.4) is 0 Å². The van der Waals surface area contributed by atoms with Crippen LogP contribution >= 0.6 is 0 Å². The Labute approximate surface area is 177 Å². The SMILES string of the molecule is CN[C@H]1[C@@H](O)[C@H](O[C@@H]2CC[C@H](N)[C@H](O[C@@H]3O[C@@H](CN)CC[C@H]3N)[C@H]2O)OC[C@@]1(C)O. The van der Waals surface area contributed by atoms with Crippen LogP contribution in [0.25, 0.3) is 0 Å². The van der Waals surface area contributed by atoms with Crippen molar-refractivity contribution in [2.45, 2.75) is 99.4 Å². The maximum atomic E-state index is 10.9. The minimum absolute atomic E-state index is 0.0201. The number of nitrogens with one attached hydrogen (secondary N) is 1. The molecule has 2 saturated heterocycles. The Morgan fingerprint density at radius 3 is 2.40 bits per heavy atom. The summed E-state index contributed by atoms with van der Waals surface area (Å²) in [6, 6.07) is -1.40. The van der Waals surface area contributed by atoms with Crippen LogP contribution < -0.4 is 22.5 Å². The molecule has 0 spiro atoms. The van der Waals surface area contributed by atoms with E-state index in [1.807, 2.05) is 0 Å². The number of likely N-dealkylation sites (N-methyl/N-ethyl adjacent to an activating group) is 1. The van der Waals surface area contributed by atoms with Gasteiger partial charge in [0.15, 0.2) is 12.6 Å². The molecule has 3 fully saturated rings. The van der Waals surface area contributed by atoms with E-state index in [0.717, 1.165) is 6.42 Å². The second kappa shape index (κ2) is 10.0. The zero-order valence-corrected chi connectivity index (χ0v) is 17.7. The fourth-order valence-corrected chi connectivity index (χ4v) is 4.56. The van der Waals surface area contributed by atoms with Gasteiger partial charge in [-0.2, -0.15) is 0 Å². The van der Waals surface area contributed by atoms with Crippen LogP contribution in [0.5, 0.6) is 0 Å². The van der Waals surface area contributed by atoms with Crippen molar-refractivity contribution in [3.8, 4) is 0 Å². The molecule has 2 aliphatic heterocycles. The molecule has 0 aromatic carbocycles. The lowest BCUT2D eigenvalue weighted by molar-refractivity contribution is -0.304. The van der Waals surface area contributed by atoms with Crippen molar-refractivity contribution in [3.05, 3.63) is 0 Å². The Bertz CT molecular complexity index is 557. The van der Waals surface area contributed by atoms with Crippen LogP contribution in [0.2, 0.25) is 0 Å². The highest BCUT2D eigenvalue weighted by Crippen LogP contribution is 2.31. The van der Waals surface area contributed by atoms with Gasteiger partial charge in [0.1, 0.15) is 23.9 Å². The van der Waals surface area contributed by atoms with Gasteiger partial charge in [0.05, 0.1) is 30.9 Å². The van der Waals surface area contributed by atoms with Gasteiger partial charge in [-0.15, -0.1) is 0 Å². The molecule has 0 unspecified atom stereocenters. The molecule has 10 N–H and O–H groups in total. The minimum Gasteiger partial charge on any atom is -0.388 e. The average molecular weight is 435 g/mol. The Morgan fingerprint density at radius 1 is 1.03 bits per heavy atom. The molecule has 11 atom stereocenters. The number of aliphatic hydroxyl groups excluding tert-OH is 2. The van der Waals surface area contributed by atoms with Gasteiger partial charge in [0.25, 0.3) is 0 Å². The highest BCUT2D eigenvalue weighted by atomic mass is 16.7. The standard InChI is InChI=1S/C19H38N4O7/c1-19(26)8-27-18(14(25)16(19)23-2)29-12-6-5-10(21)15(13(12)24)30-17-11(22)4-3-9(7-20)28-17/h9-18,23-26H,3-8,20-22H2,1-2H3/t9-,10+,11-,12-,13+,14-,15+,16+,17+,18+,19-/m1/s1. The predicted molar refractivity (Wildman–Crippen MR) is 107 cm³/mol. The first-order valence-corrected chi connectivity index (χ1v) is 10.7. The van der Waals surface area contributed by atoms with Gasteiger partial charge < -0.3 is 56.8 Å². The zero-order chi connectivity index (χ0) is 22.1. The Balaban J connectivity index is 1.63. The van der Waals surface area contributed by atoms with Crippen molar-refractivity contribution in [2.75, 3.05) is 20.2 Å². The number of hydrogen-bond donors (Lipinski definition) is 7. The average Bonchev–Trinajstić information content (AvgIpc) is 2.70. The normalized spacial score (nSPS) is 50.4. The molecule has 3 aliphatic rings. The highest BCUT2D eigenvalue weighted by molar-refractivity contribution is 4.99. The second-order valence-corrected chi connectivity index (χ2v) is 8.90. The molecule has 0 radical (unpaired) electrons. The van der Waals surface area contributed by atoms with Crippen molar-refractivity contribution < 1.29 is 34.3 Å². The molecule has 0 aromatic heterocycles. The third kappa shape index (κ3) is 5.13. The molecule has 1 aliphatic carbocycles. The summed E-state index contributed by atoms with van der Waals surface area (Å²) in [5.74, 6) is 0. The van der Waals surface area contributed by atoms with Gasteiger partial charge in [-0.05, 0) is 39.7 Å². The summed E-state index contributed by atoms with van der Waals surface area (Å²) in [6.45, 7) is 1.92. The van der Waals surface area contributed by atoms with E-state index in [1.54, 1.807) is 14.0 Å². The first-order valence-electron chi connectivity index (χ1n) is 10.7. The molecule has 11 nitrogen and oxygen atoms in total. The lowest BCUT2D eigenvalue weighted by Gasteiger charge is -2.47. The van der Waals surface area contributed by atoms with Crippen LogP contribution in [0.15, 0.2) is 0 Å². The largest absolute Gasteiger partial charge is 0.388 e. The fourth-order valence-electron chi connectivity index (χ4n) is 4.56. The van der Waals surface area contributed by atoms with Gasteiger partial charge in [-0.25, -0.2) is 0 Å². The van der Waals surface area contributed by atoms with Crippen molar-refractivity contribution in [1.29, 1.82) is 0 Å². The number of hydrogen-bond acceptors (Lipinski definition) is 11. The molecule has 3 rings (SSSR count). The van der Waals surface area contributed by atoms with E-state index < -0.39 is 54.7 Å². The molecule has 2 heterocycles. The van der Waals surface area contributed by atoms with Crippen LogP contribution in [0.4, 0.5) is 0 Å². The van der Waals surface area contributed by atoms with Crippen molar-refractivity contribution in [2.24, 2.45) is 17.2 Å². The van der Waals surface area contributed by atoms with E-state index in [9.17, 15) is 15.3 Å². The quantitative estimate of drug-likeness (QED) is 0.227. The van der Waals surface area contributed by atoms with Crippen molar-refractivity contribution in [1.82, 2.24) is 5.32 Å². The molecule has 0 aromatic rings. The monoisotopic (exact) mass is 434 g/mol. The van der Waals surface area contributed by atoms with E-state index in [4.69, 9.17) is 36.1 Å². The number of aliphatic hydroxyl groups is 3. The van der Waals surface area contributed by atoms with Crippen LogP contribution in [0, 0.1) is 0 Å². The smallest absolute Gasteiger partial charge is 0.185 e. The summed E-state index contributed by atoms with van der Waals surface area (Å²) in [4.78, 5) is 0. The molecule has 176 valence electrons. The molecule has 0 amide bonds. The zero-order valence-electron chi connectivity index (χ0n) is 17.7. The summed E-state index contributed by atoms with van der Waals surface area (Å²) in [7, 11) is 1.64. The lowest BCUT2D eigenvalue weighted by atomic mass is 9.87. The van der Waals surface area contributed by atoms with Crippen molar-refractivity contribution >= 4 is 0 Å². The van der Waals surface area contributed by atoms with Gasteiger partial charge >= 0.3 is 0 Å². The van der Waals surface area contributed by atoms with Gasteiger partial charge in [0, 0.05) is 12.6 Å². The van der Waals surface area contributed by atoms with Crippen LogP contribution in [-0.4, -0.2) is 102 Å². The third-order valence-corrected chi connectivity index (χ3v) is 6.43. The summed E-state index contributed by atoms with van der Waals surface area (Å²) < 4.78 is 23.3. The second-order valence-electron chi connectivity index (χ2n) is 8.90. The Kier molecular flexibility index (Phi) is 8.07. The predicted octanol–water partition coefficient (Wildman–Crippen LogP) is -2.91. The summed E-state index contributed by atoms with van der Waals surface area (Å²) in [5, 5.41) is 34.8. The maximum Gasteiger partial charge on any atom is 0.185 e. The number of ether oxygens (including phenoxy) is 4. The number of rotatable bonds is 6. The van der Waals surface area contributed by atoms with E-state index >= 15 is 0 Å². The maximum absolute atomic E-state index is 10.9. The molecule has 1 saturated carbocycles. The van der Waals surface area contributed by atoms with Crippen molar-refractivity contribution in [3.63, 3.8) is 0 Å². The molecule has 0 bridgehead atoms. The van der Waals surface area contributed by atoms with E-state index in [1.165, 1.54) is 0 Å².